The highest BCUT2D eigenvalue weighted by Crippen LogP contribution is 2.34. The Balaban J connectivity index is 1.87. The molecule has 3 heterocycles. The summed E-state index contributed by atoms with van der Waals surface area (Å²) in [5.74, 6) is 0.690. The van der Waals surface area contributed by atoms with Gasteiger partial charge in [0.25, 0.3) is 0 Å². The number of hydrogen-bond acceptors (Lipinski definition) is 4. The fraction of sp³-hybridized carbons (Fsp3) is 0.417. The lowest BCUT2D eigenvalue weighted by molar-refractivity contribution is 0.0735. The first kappa shape index (κ1) is 20.9. The molecule has 0 saturated carbocycles. The molecule has 3 aromatic rings. The molecular weight excluding hydrogens is 398 g/mol. The number of hydrogen-bond donors (Lipinski definition) is 0. The van der Waals surface area contributed by atoms with E-state index in [0.717, 1.165) is 47.6 Å². The zero-order chi connectivity index (χ0) is 21.3. The van der Waals surface area contributed by atoms with Crippen molar-refractivity contribution < 1.29 is 9.47 Å². The van der Waals surface area contributed by atoms with E-state index in [1.54, 1.807) is 0 Å². The molecule has 30 heavy (non-hydrogen) atoms. The maximum Gasteiger partial charge on any atom is 0.140 e. The van der Waals surface area contributed by atoms with Gasteiger partial charge in [-0.1, -0.05) is 18.5 Å². The van der Waals surface area contributed by atoms with E-state index in [2.05, 4.69) is 31.0 Å². The molecule has 1 aliphatic rings. The van der Waals surface area contributed by atoms with E-state index >= 15 is 0 Å². The Morgan fingerprint density at radius 1 is 1.20 bits per heavy atom. The Hall–Kier alpha value is -2.37. The normalized spacial score (nSPS) is 16.2. The lowest BCUT2D eigenvalue weighted by atomic mass is 10.0. The number of aromatic nitrogens is 3. The largest absolute Gasteiger partial charge is 0.492 e. The number of aryl methyl sites for hydroxylation is 2. The molecule has 0 amide bonds. The van der Waals surface area contributed by atoms with Gasteiger partial charge in [0.05, 0.1) is 41.4 Å². The van der Waals surface area contributed by atoms with Crippen LogP contribution in [0.2, 0.25) is 5.02 Å². The van der Waals surface area contributed by atoms with Gasteiger partial charge in [0.2, 0.25) is 0 Å². The van der Waals surface area contributed by atoms with Gasteiger partial charge in [0.15, 0.2) is 0 Å². The number of benzene rings is 1. The first-order valence-corrected chi connectivity index (χ1v) is 10.9. The summed E-state index contributed by atoms with van der Waals surface area (Å²) in [6.45, 7) is 9.57. The van der Waals surface area contributed by atoms with Crippen LogP contribution >= 0.6 is 11.6 Å². The van der Waals surface area contributed by atoms with Crippen LogP contribution in [0, 0.1) is 13.8 Å². The van der Waals surface area contributed by atoms with E-state index in [4.69, 9.17) is 26.2 Å². The van der Waals surface area contributed by atoms with Crippen LogP contribution in [0.25, 0.3) is 16.9 Å². The molecule has 0 spiro atoms. The number of fused-ring (bicyclic) bond motifs is 1. The van der Waals surface area contributed by atoms with Crippen LogP contribution in [0.1, 0.15) is 42.9 Å². The third kappa shape index (κ3) is 4.23. The molecule has 6 heteroatoms. The summed E-state index contributed by atoms with van der Waals surface area (Å²) in [6, 6.07) is 10.1. The van der Waals surface area contributed by atoms with Gasteiger partial charge in [-0.3, -0.25) is 4.98 Å². The third-order valence-corrected chi connectivity index (χ3v) is 5.61. The van der Waals surface area contributed by atoms with Crippen LogP contribution in [-0.2, 0) is 17.6 Å². The molecule has 0 radical (unpaired) electrons. The minimum absolute atomic E-state index is 0.138. The second kappa shape index (κ2) is 8.78. The fourth-order valence-electron chi connectivity index (χ4n) is 4.01. The quantitative estimate of drug-likeness (QED) is 0.541. The van der Waals surface area contributed by atoms with E-state index in [1.165, 1.54) is 11.3 Å². The summed E-state index contributed by atoms with van der Waals surface area (Å²) in [5.41, 5.74) is 7.47. The molecule has 0 bridgehead atoms. The first-order chi connectivity index (χ1) is 14.5. The van der Waals surface area contributed by atoms with Crippen molar-refractivity contribution in [2.24, 2.45) is 0 Å². The van der Waals surface area contributed by atoms with Gasteiger partial charge < -0.3 is 9.47 Å². The van der Waals surface area contributed by atoms with Crippen molar-refractivity contribution in [1.29, 1.82) is 0 Å². The van der Waals surface area contributed by atoms with Gasteiger partial charge in [0, 0.05) is 35.0 Å². The summed E-state index contributed by atoms with van der Waals surface area (Å²) in [7, 11) is 0. The Bertz CT molecular complexity index is 1040. The molecule has 4 rings (SSSR count). The predicted molar refractivity (Wildman–Crippen MR) is 120 cm³/mol. The van der Waals surface area contributed by atoms with E-state index in [0.29, 0.717) is 24.0 Å². The van der Waals surface area contributed by atoms with Crippen molar-refractivity contribution >= 4 is 11.6 Å². The van der Waals surface area contributed by atoms with Crippen molar-refractivity contribution in [2.75, 3.05) is 13.2 Å². The number of ether oxygens (including phenoxy) is 2. The van der Waals surface area contributed by atoms with Crippen LogP contribution in [0.15, 0.2) is 30.3 Å². The lowest BCUT2D eigenvalue weighted by Gasteiger charge is -2.13. The van der Waals surface area contributed by atoms with Crippen LogP contribution < -0.4 is 4.74 Å². The van der Waals surface area contributed by atoms with Gasteiger partial charge in [-0.2, -0.15) is 5.10 Å². The van der Waals surface area contributed by atoms with Gasteiger partial charge in [-0.05, 0) is 57.9 Å². The van der Waals surface area contributed by atoms with E-state index in [1.807, 2.05) is 36.7 Å². The van der Waals surface area contributed by atoms with E-state index in [9.17, 15) is 0 Å². The minimum atomic E-state index is 0.138. The highest BCUT2D eigenvalue weighted by atomic mass is 35.5. The summed E-state index contributed by atoms with van der Waals surface area (Å²) in [4.78, 5) is 4.53. The van der Waals surface area contributed by atoms with Crippen molar-refractivity contribution in [3.8, 4) is 22.7 Å². The third-order valence-electron chi connectivity index (χ3n) is 5.30. The lowest BCUT2D eigenvalue weighted by Crippen LogP contribution is -2.13. The standard InChI is InChI=1S/C24H28ClN3O2/c1-5-9-30-23-14-19(6-7-21(23)25)28-22-13-17(4)29-10-8-20(22)24(27-28)18-11-15(2)26-16(3)12-18/h6-7,11-12,14,17H,5,8-10,13H2,1-4H3/t17-/m1/s1. The second-order valence-electron chi connectivity index (χ2n) is 7.92. The maximum absolute atomic E-state index is 6.37. The second-order valence-corrected chi connectivity index (χ2v) is 8.33. The Labute approximate surface area is 183 Å². The predicted octanol–water partition coefficient (Wildman–Crippen LogP) is 5.50. The number of pyridine rings is 1. The summed E-state index contributed by atoms with van der Waals surface area (Å²) >= 11 is 6.37. The molecule has 0 saturated heterocycles. The summed E-state index contributed by atoms with van der Waals surface area (Å²) in [6.07, 6.45) is 2.71. The molecule has 158 valence electrons. The summed E-state index contributed by atoms with van der Waals surface area (Å²) < 4.78 is 13.9. The van der Waals surface area contributed by atoms with Crippen LogP contribution in [0.3, 0.4) is 0 Å². The average Bonchev–Trinajstić information content (AvgIpc) is 2.93. The fourth-order valence-corrected chi connectivity index (χ4v) is 4.19. The molecular formula is C24H28ClN3O2. The van der Waals surface area contributed by atoms with Crippen molar-refractivity contribution in [2.45, 2.75) is 53.1 Å². The number of halogens is 1. The highest BCUT2D eigenvalue weighted by Gasteiger charge is 2.25. The number of rotatable bonds is 5. The SMILES string of the molecule is CCCOc1cc(-n2nc(-c3cc(C)nc(C)c3)c3c2C[C@@H](C)OCC3)ccc1Cl. The number of nitrogens with zero attached hydrogens (tertiary/aromatic N) is 3. The van der Waals surface area contributed by atoms with E-state index in [-0.39, 0.29) is 6.10 Å². The Kier molecular flexibility index (Phi) is 6.11. The molecule has 1 atom stereocenters. The molecule has 1 aliphatic heterocycles. The van der Waals surface area contributed by atoms with E-state index < -0.39 is 0 Å². The van der Waals surface area contributed by atoms with Crippen LogP contribution in [0.5, 0.6) is 5.75 Å². The van der Waals surface area contributed by atoms with Gasteiger partial charge in [0.1, 0.15) is 5.75 Å². The minimum Gasteiger partial charge on any atom is -0.492 e. The van der Waals surface area contributed by atoms with Crippen molar-refractivity contribution in [1.82, 2.24) is 14.8 Å². The van der Waals surface area contributed by atoms with Gasteiger partial charge in [-0.15, -0.1) is 0 Å². The van der Waals surface area contributed by atoms with Crippen molar-refractivity contribution in [3.63, 3.8) is 0 Å². The average molecular weight is 426 g/mol. The molecule has 0 fully saturated rings. The zero-order valence-corrected chi connectivity index (χ0v) is 18.8. The molecule has 0 aliphatic carbocycles. The van der Waals surface area contributed by atoms with Gasteiger partial charge >= 0.3 is 0 Å². The smallest absolute Gasteiger partial charge is 0.140 e. The maximum atomic E-state index is 6.37. The van der Waals surface area contributed by atoms with Crippen molar-refractivity contribution in [3.05, 3.63) is 58.0 Å². The Morgan fingerprint density at radius 3 is 2.70 bits per heavy atom. The summed E-state index contributed by atoms with van der Waals surface area (Å²) in [5, 5.41) is 5.69. The molecule has 0 unspecified atom stereocenters. The monoisotopic (exact) mass is 425 g/mol. The Morgan fingerprint density at radius 2 is 1.97 bits per heavy atom. The molecule has 0 N–H and O–H groups in total. The van der Waals surface area contributed by atoms with Gasteiger partial charge in [-0.25, -0.2) is 4.68 Å². The zero-order valence-electron chi connectivity index (χ0n) is 18.0. The molecule has 1 aromatic carbocycles. The first-order valence-electron chi connectivity index (χ1n) is 10.6. The van der Waals surface area contributed by atoms with Crippen LogP contribution in [-0.4, -0.2) is 34.1 Å². The molecule has 5 nitrogen and oxygen atoms in total. The highest BCUT2D eigenvalue weighted by molar-refractivity contribution is 6.32. The topological polar surface area (TPSA) is 49.2 Å². The molecule has 2 aromatic heterocycles. The van der Waals surface area contributed by atoms with Crippen LogP contribution in [0.4, 0.5) is 0 Å².